The first-order chi connectivity index (χ1) is 8.66. The molecule has 0 unspecified atom stereocenters. The van der Waals surface area contributed by atoms with Crippen molar-refractivity contribution in [3.63, 3.8) is 0 Å². The summed E-state index contributed by atoms with van der Waals surface area (Å²) in [7, 11) is 0. The van der Waals surface area contributed by atoms with E-state index in [0.29, 0.717) is 22.4 Å². The van der Waals surface area contributed by atoms with Gasteiger partial charge in [0.15, 0.2) is 0 Å². The van der Waals surface area contributed by atoms with Crippen LogP contribution in [0.25, 0.3) is 0 Å². The van der Waals surface area contributed by atoms with Crippen molar-refractivity contribution in [2.45, 2.75) is 6.42 Å². The molecule has 0 atom stereocenters. The van der Waals surface area contributed by atoms with Gasteiger partial charge in [0.05, 0.1) is 10.0 Å². The molecule has 3 N–H and O–H groups in total. The van der Waals surface area contributed by atoms with E-state index in [9.17, 15) is 0 Å². The van der Waals surface area contributed by atoms with Crippen LogP contribution in [-0.2, 0) is 6.42 Å². The van der Waals surface area contributed by atoms with E-state index in [-0.39, 0.29) is 5.82 Å². The average molecular weight is 283 g/mol. The maximum absolute atomic E-state index is 6.00. The molecule has 2 aromatic rings. The smallest absolute Gasteiger partial charge is 0.147 e. The molecule has 2 heterocycles. The predicted molar refractivity (Wildman–Crippen MR) is 75.1 cm³/mol. The second-order valence-corrected chi connectivity index (χ2v) is 4.50. The summed E-state index contributed by atoms with van der Waals surface area (Å²) in [5, 5.41) is 3.92. The molecule has 0 spiro atoms. The summed E-state index contributed by atoms with van der Waals surface area (Å²) in [6.45, 7) is 0.671. The van der Waals surface area contributed by atoms with Crippen molar-refractivity contribution in [1.82, 2.24) is 9.97 Å². The molecule has 2 aromatic heterocycles. The van der Waals surface area contributed by atoms with E-state index in [2.05, 4.69) is 15.3 Å². The van der Waals surface area contributed by atoms with Gasteiger partial charge in [-0.3, -0.25) is 4.98 Å². The predicted octanol–water partition coefficient (Wildman–Crippen LogP) is 3.02. The Kier molecular flexibility index (Phi) is 4.23. The second kappa shape index (κ2) is 5.89. The number of nitrogens with zero attached hydrogens (tertiary/aromatic N) is 2. The van der Waals surface area contributed by atoms with E-state index >= 15 is 0 Å². The Hall–Kier alpha value is -1.52. The van der Waals surface area contributed by atoms with Crippen LogP contribution in [-0.4, -0.2) is 16.5 Å². The third-order valence-electron chi connectivity index (χ3n) is 2.36. The molecule has 18 heavy (non-hydrogen) atoms. The number of hydrogen-bond acceptors (Lipinski definition) is 4. The van der Waals surface area contributed by atoms with Crippen LogP contribution in [0.3, 0.4) is 0 Å². The maximum Gasteiger partial charge on any atom is 0.147 e. The van der Waals surface area contributed by atoms with Gasteiger partial charge in [-0.05, 0) is 18.2 Å². The second-order valence-electron chi connectivity index (χ2n) is 3.68. The Balaban J connectivity index is 1.97. The van der Waals surface area contributed by atoms with E-state index in [1.165, 1.54) is 0 Å². The molecule has 0 amide bonds. The number of nitrogen functional groups attached to an aromatic ring is 1. The Labute approximate surface area is 115 Å². The summed E-state index contributed by atoms with van der Waals surface area (Å²) in [4.78, 5) is 8.31. The van der Waals surface area contributed by atoms with Gasteiger partial charge in [-0.2, -0.15) is 0 Å². The van der Waals surface area contributed by atoms with Crippen molar-refractivity contribution in [2.24, 2.45) is 0 Å². The summed E-state index contributed by atoms with van der Waals surface area (Å²) in [6.07, 6.45) is 2.54. The molecule has 0 saturated heterocycles. The number of aromatic nitrogens is 2. The number of rotatable bonds is 4. The Bertz CT molecular complexity index is 531. The zero-order valence-electron chi connectivity index (χ0n) is 9.53. The lowest BCUT2D eigenvalue weighted by Crippen LogP contribution is -2.08. The van der Waals surface area contributed by atoms with Gasteiger partial charge in [0.25, 0.3) is 0 Å². The highest BCUT2D eigenvalue weighted by Gasteiger charge is 2.06. The fraction of sp³-hybridized carbons (Fsp3) is 0.167. The van der Waals surface area contributed by atoms with E-state index in [4.69, 9.17) is 28.9 Å². The van der Waals surface area contributed by atoms with Crippen molar-refractivity contribution in [1.29, 1.82) is 0 Å². The van der Waals surface area contributed by atoms with Crippen LogP contribution in [0.5, 0.6) is 0 Å². The van der Waals surface area contributed by atoms with Crippen molar-refractivity contribution < 1.29 is 0 Å². The summed E-state index contributed by atoms with van der Waals surface area (Å²) >= 11 is 11.8. The van der Waals surface area contributed by atoms with Crippen LogP contribution in [0.15, 0.2) is 30.5 Å². The molecule has 2 rings (SSSR count). The molecule has 0 aliphatic heterocycles. The van der Waals surface area contributed by atoms with Gasteiger partial charge in [-0.25, -0.2) is 4.98 Å². The first-order valence-electron chi connectivity index (χ1n) is 5.42. The zero-order valence-corrected chi connectivity index (χ0v) is 11.0. The minimum Gasteiger partial charge on any atom is -0.382 e. The van der Waals surface area contributed by atoms with Gasteiger partial charge >= 0.3 is 0 Å². The van der Waals surface area contributed by atoms with Crippen molar-refractivity contribution >= 4 is 34.8 Å². The number of pyridine rings is 2. The van der Waals surface area contributed by atoms with E-state index in [1.54, 1.807) is 12.3 Å². The standard InChI is InChI=1S/C12H12Cl2N4/c13-9-7-10(14)12(18-11(9)15)17-6-4-8-3-1-2-5-16-8/h1-3,5,7H,4,6H2,(H3,15,17,18). The van der Waals surface area contributed by atoms with Crippen LogP contribution in [0.4, 0.5) is 11.6 Å². The molecule has 0 aliphatic carbocycles. The minimum absolute atomic E-state index is 0.265. The highest BCUT2D eigenvalue weighted by atomic mass is 35.5. The number of nitrogens with one attached hydrogen (secondary N) is 1. The first-order valence-corrected chi connectivity index (χ1v) is 6.17. The van der Waals surface area contributed by atoms with Gasteiger partial charge in [0.2, 0.25) is 0 Å². The zero-order chi connectivity index (χ0) is 13.0. The lowest BCUT2D eigenvalue weighted by atomic mass is 10.3. The number of nitrogens with two attached hydrogens (primary N) is 1. The lowest BCUT2D eigenvalue weighted by molar-refractivity contribution is 0.954. The first kappa shape index (κ1) is 12.9. The summed E-state index contributed by atoms with van der Waals surface area (Å²) in [6, 6.07) is 7.38. The van der Waals surface area contributed by atoms with Gasteiger partial charge in [0, 0.05) is 24.9 Å². The highest BCUT2D eigenvalue weighted by Crippen LogP contribution is 2.27. The molecule has 0 saturated carbocycles. The highest BCUT2D eigenvalue weighted by molar-refractivity contribution is 6.37. The summed E-state index contributed by atoms with van der Waals surface area (Å²) in [5.41, 5.74) is 6.62. The van der Waals surface area contributed by atoms with E-state index < -0.39 is 0 Å². The normalized spacial score (nSPS) is 10.3. The Morgan fingerprint density at radius 3 is 2.78 bits per heavy atom. The number of anilines is 2. The van der Waals surface area contributed by atoms with Crippen LogP contribution >= 0.6 is 23.2 Å². The molecular formula is C12H12Cl2N4. The van der Waals surface area contributed by atoms with Gasteiger partial charge in [-0.1, -0.05) is 29.3 Å². The van der Waals surface area contributed by atoms with Crippen LogP contribution in [0.1, 0.15) is 5.69 Å². The topological polar surface area (TPSA) is 63.8 Å². The molecule has 4 nitrogen and oxygen atoms in total. The van der Waals surface area contributed by atoms with E-state index in [0.717, 1.165) is 12.1 Å². The SMILES string of the molecule is Nc1nc(NCCc2ccccn2)c(Cl)cc1Cl. The minimum atomic E-state index is 0.265. The van der Waals surface area contributed by atoms with Crippen LogP contribution in [0.2, 0.25) is 10.0 Å². The average Bonchev–Trinajstić information content (AvgIpc) is 2.37. The lowest BCUT2D eigenvalue weighted by Gasteiger charge is -2.08. The Morgan fingerprint density at radius 1 is 1.22 bits per heavy atom. The third-order valence-corrected chi connectivity index (χ3v) is 2.95. The van der Waals surface area contributed by atoms with Crippen molar-refractivity contribution in [3.8, 4) is 0 Å². The Morgan fingerprint density at radius 2 is 2.06 bits per heavy atom. The van der Waals surface area contributed by atoms with Crippen molar-refractivity contribution in [2.75, 3.05) is 17.6 Å². The molecular weight excluding hydrogens is 271 g/mol. The summed E-state index contributed by atoms with van der Waals surface area (Å²) < 4.78 is 0. The maximum atomic E-state index is 6.00. The van der Waals surface area contributed by atoms with Crippen LogP contribution in [0, 0.1) is 0 Å². The number of halogens is 2. The molecule has 0 aliphatic rings. The van der Waals surface area contributed by atoms with Gasteiger partial charge in [-0.15, -0.1) is 0 Å². The molecule has 94 valence electrons. The molecule has 0 aromatic carbocycles. The van der Waals surface area contributed by atoms with E-state index in [1.807, 2.05) is 18.2 Å². The molecule has 0 fully saturated rings. The number of hydrogen-bond donors (Lipinski definition) is 2. The monoisotopic (exact) mass is 282 g/mol. The molecule has 6 heteroatoms. The molecule has 0 radical (unpaired) electrons. The fourth-order valence-electron chi connectivity index (χ4n) is 1.46. The van der Waals surface area contributed by atoms with Crippen molar-refractivity contribution in [3.05, 3.63) is 46.2 Å². The third kappa shape index (κ3) is 3.24. The van der Waals surface area contributed by atoms with Crippen LogP contribution < -0.4 is 11.1 Å². The van der Waals surface area contributed by atoms with Gasteiger partial charge in [0.1, 0.15) is 11.6 Å². The summed E-state index contributed by atoms with van der Waals surface area (Å²) in [5.74, 6) is 0.802. The van der Waals surface area contributed by atoms with Gasteiger partial charge < -0.3 is 11.1 Å². The largest absolute Gasteiger partial charge is 0.382 e. The fourth-order valence-corrected chi connectivity index (χ4v) is 1.89. The quantitative estimate of drug-likeness (QED) is 0.905. The molecule has 0 bridgehead atoms.